The Labute approximate surface area is 116 Å². The highest BCUT2D eigenvalue weighted by Gasteiger charge is 2.09. The van der Waals surface area contributed by atoms with Crippen LogP contribution < -0.4 is 5.32 Å². The highest BCUT2D eigenvalue weighted by molar-refractivity contribution is 7.14. The summed E-state index contributed by atoms with van der Waals surface area (Å²) in [5.41, 5.74) is 2.13. The normalized spacial score (nSPS) is 10.8. The number of nitrogens with zero attached hydrogens (tertiary/aromatic N) is 2. The first-order valence-electron chi connectivity index (χ1n) is 5.94. The fraction of sp³-hybridized carbons (Fsp3) is 0.385. The van der Waals surface area contributed by atoms with Crippen LogP contribution in [-0.2, 0) is 6.42 Å². The number of halogens is 1. The van der Waals surface area contributed by atoms with E-state index in [-0.39, 0.29) is 0 Å². The Morgan fingerprint density at radius 2 is 2.17 bits per heavy atom. The van der Waals surface area contributed by atoms with Crippen molar-refractivity contribution in [3.63, 3.8) is 0 Å². The van der Waals surface area contributed by atoms with Gasteiger partial charge in [-0.15, -0.1) is 10.2 Å². The summed E-state index contributed by atoms with van der Waals surface area (Å²) in [5, 5.41) is 14.3. The third-order valence-corrected chi connectivity index (χ3v) is 3.97. The van der Waals surface area contributed by atoms with E-state index in [1.54, 1.807) is 11.3 Å². The zero-order valence-electron chi connectivity index (χ0n) is 10.5. The summed E-state index contributed by atoms with van der Waals surface area (Å²) in [6, 6.07) is 6.01. The molecule has 0 aliphatic heterocycles. The predicted molar refractivity (Wildman–Crippen MR) is 77.3 cm³/mol. The number of aryl methyl sites for hydroxylation is 2. The lowest BCUT2D eigenvalue weighted by atomic mass is 10.2. The first-order valence-corrected chi connectivity index (χ1v) is 7.13. The molecule has 0 fully saturated rings. The second kappa shape index (κ2) is 6.27. The summed E-state index contributed by atoms with van der Waals surface area (Å²) >= 11 is 7.85. The maximum absolute atomic E-state index is 6.23. The van der Waals surface area contributed by atoms with E-state index in [1.165, 1.54) is 0 Å². The maximum Gasteiger partial charge on any atom is 0.149 e. The molecule has 0 unspecified atom stereocenters. The first kappa shape index (κ1) is 13.5. The van der Waals surface area contributed by atoms with Crippen LogP contribution >= 0.6 is 22.9 Å². The van der Waals surface area contributed by atoms with Crippen molar-refractivity contribution in [2.24, 2.45) is 0 Å². The van der Waals surface area contributed by atoms with Crippen molar-refractivity contribution < 1.29 is 0 Å². The van der Waals surface area contributed by atoms with Crippen molar-refractivity contribution in [2.75, 3.05) is 13.6 Å². The minimum Gasteiger partial charge on any atom is -0.320 e. The molecule has 1 N–H and O–H groups in total. The number of hydrogen-bond donors (Lipinski definition) is 1. The molecule has 0 spiro atoms. The molecular weight excluding hydrogens is 266 g/mol. The van der Waals surface area contributed by atoms with Crippen molar-refractivity contribution in [3.8, 4) is 10.6 Å². The Balaban J connectivity index is 2.13. The Morgan fingerprint density at radius 1 is 1.33 bits per heavy atom. The van der Waals surface area contributed by atoms with Crippen molar-refractivity contribution in [3.05, 3.63) is 33.8 Å². The Bertz CT molecular complexity index is 525. The molecule has 3 nitrogen and oxygen atoms in total. The lowest BCUT2D eigenvalue weighted by Gasteiger charge is -2.00. The summed E-state index contributed by atoms with van der Waals surface area (Å²) in [6.07, 6.45) is 2.04. The molecule has 2 rings (SSSR count). The van der Waals surface area contributed by atoms with Gasteiger partial charge in [0.25, 0.3) is 0 Å². The van der Waals surface area contributed by atoms with E-state index in [0.717, 1.165) is 45.6 Å². The quantitative estimate of drug-likeness (QED) is 0.855. The summed E-state index contributed by atoms with van der Waals surface area (Å²) in [5.74, 6) is 0. The SMILES string of the molecule is CNCCCc1nnc(-c2ccc(C)cc2Cl)s1. The number of rotatable bonds is 5. The van der Waals surface area contributed by atoms with Gasteiger partial charge in [-0.2, -0.15) is 0 Å². The number of hydrogen-bond acceptors (Lipinski definition) is 4. The van der Waals surface area contributed by atoms with E-state index < -0.39 is 0 Å². The van der Waals surface area contributed by atoms with Gasteiger partial charge in [-0.05, 0) is 38.6 Å². The lowest BCUT2D eigenvalue weighted by molar-refractivity contribution is 0.718. The van der Waals surface area contributed by atoms with E-state index in [2.05, 4.69) is 15.5 Å². The van der Waals surface area contributed by atoms with Crippen LogP contribution in [0, 0.1) is 6.92 Å². The molecule has 2 aromatic rings. The molecule has 0 aliphatic rings. The predicted octanol–water partition coefficient (Wildman–Crippen LogP) is 3.32. The molecule has 0 bridgehead atoms. The molecule has 1 heterocycles. The van der Waals surface area contributed by atoms with Crippen LogP contribution in [0.5, 0.6) is 0 Å². The Morgan fingerprint density at radius 3 is 2.89 bits per heavy atom. The molecule has 0 saturated heterocycles. The molecule has 1 aromatic carbocycles. The molecule has 18 heavy (non-hydrogen) atoms. The average molecular weight is 282 g/mol. The van der Waals surface area contributed by atoms with Gasteiger partial charge in [-0.1, -0.05) is 35.1 Å². The molecular formula is C13H16ClN3S. The molecule has 96 valence electrons. The van der Waals surface area contributed by atoms with Crippen LogP contribution in [-0.4, -0.2) is 23.8 Å². The van der Waals surface area contributed by atoms with Crippen molar-refractivity contribution in [2.45, 2.75) is 19.8 Å². The van der Waals surface area contributed by atoms with Crippen LogP contribution in [0.3, 0.4) is 0 Å². The van der Waals surface area contributed by atoms with Crippen molar-refractivity contribution in [1.29, 1.82) is 0 Å². The smallest absolute Gasteiger partial charge is 0.149 e. The molecule has 0 saturated carbocycles. The van der Waals surface area contributed by atoms with Gasteiger partial charge in [-0.3, -0.25) is 0 Å². The zero-order valence-corrected chi connectivity index (χ0v) is 12.1. The standard InChI is InChI=1S/C13H16ClN3S/c1-9-5-6-10(11(14)8-9)13-17-16-12(18-13)4-3-7-15-2/h5-6,8,15H,3-4,7H2,1-2H3. The second-order valence-electron chi connectivity index (χ2n) is 4.19. The lowest BCUT2D eigenvalue weighted by Crippen LogP contribution is -2.08. The molecule has 1 aromatic heterocycles. The minimum absolute atomic E-state index is 0.743. The summed E-state index contributed by atoms with van der Waals surface area (Å²) in [7, 11) is 1.96. The van der Waals surface area contributed by atoms with Crippen LogP contribution in [0.15, 0.2) is 18.2 Å². The van der Waals surface area contributed by atoms with E-state index in [1.807, 2.05) is 32.2 Å². The number of nitrogens with one attached hydrogen (secondary N) is 1. The van der Waals surface area contributed by atoms with Crippen molar-refractivity contribution >= 4 is 22.9 Å². The highest BCUT2D eigenvalue weighted by atomic mass is 35.5. The van der Waals surface area contributed by atoms with Crippen LogP contribution in [0.25, 0.3) is 10.6 Å². The summed E-state index contributed by atoms with van der Waals surface area (Å²) < 4.78 is 0. The number of aromatic nitrogens is 2. The molecule has 5 heteroatoms. The van der Waals surface area contributed by atoms with Crippen LogP contribution in [0.1, 0.15) is 17.0 Å². The van der Waals surface area contributed by atoms with Gasteiger partial charge in [0.1, 0.15) is 10.0 Å². The largest absolute Gasteiger partial charge is 0.320 e. The average Bonchev–Trinajstić information content (AvgIpc) is 2.78. The van der Waals surface area contributed by atoms with Gasteiger partial charge in [0.15, 0.2) is 0 Å². The molecule has 0 aliphatic carbocycles. The first-order chi connectivity index (χ1) is 8.70. The fourth-order valence-corrected chi connectivity index (χ4v) is 2.97. The topological polar surface area (TPSA) is 37.8 Å². The van der Waals surface area contributed by atoms with Crippen LogP contribution in [0.2, 0.25) is 5.02 Å². The van der Waals surface area contributed by atoms with E-state index in [0.29, 0.717) is 0 Å². The van der Waals surface area contributed by atoms with E-state index >= 15 is 0 Å². The fourth-order valence-electron chi connectivity index (χ4n) is 1.67. The Hall–Kier alpha value is -0.970. The van der Waals surface area contributed by atoms with Gasteiger partial charge in [-0.25, -0.2) is 0 Å². The van der Waals surface area contributed by atoms with Gasteiger partial charge < -0.3 is 5.32 Å². The van der Waals surface area contributed by atoms with Gasteiger partial charge in [0, 0.05) is 12.0 Å². The molecule has 0 atom stereocenters. The molecule has 0 radical (unpaired) electrons. The maximum atomic E-state index is 6.23. The minimum atomic E-state index is 0.743. The van der Waals surface area contributed by atoms with Gasteiger partial charge in [0.2, 0.25) is 0 Å². The third-order valence-electron chi connectivity index (χ3n) is 2.64. The number of benzene rings is 1. The van der Waals surface area contributed by atoms with Crippen molar-refractivity contribution in [1.82, 2.24) is 15.5 Å². The second-order valence-corrected chi connectivity index (χ2v) is 5.66. The third kappa shape index (κ3) is 3.28. The monoisotopic (exact) mass is 281 g/mol. The van der Waals surface area contributed by atoms with E-state index in [9.17, 15) is 0 Å². The van der Waals surface area contributed by atoms with E-state index in [4.69, 9.17) is 11.6 Å². The van der Waals surface area contributed by atoms with Gasteiger partial charge >= 0.3 is 0 Å². The summed E-state index contributed by atoms with van der Waals surface area (Å²) in [4.78, 5) is 0. The Kier molecular flexibility index (Phi) is 4.69. The van der Waals surface area contributed by atoms with Crippen LogP contribution in [0.4, 0.5) is 0 Å². The van der Waals surface area contributed by atoms with Gasteiger partial charge in [0.05, 0.1) is 5.02 Å². The highest BCUT2D eigenvalue weighted by Crippen LogP contribution is 2.31. The zero-order chi connectivity index (χ0) is 13.0. The summed E-state index contributed by atoms with van der Waals surface area (Å²) in [6.45, 7) is 3.03. The molecule has 0 amide bonds.